The molecule has 0 fully saturated rings. The van der Waals surface area contributed by atoms with Crippen LogP contribution in [-0.4, -0.2) is 39.4 Å². The van der Waals surface area contributed by atoms with Crippen molar-refractivity contribution in [3.05, 3.63) is 77.1 Å². The van der Waals surface area contributed by atoms with Crippen molar-refractivity contribution >= 4 is 40.9 Å². The van der Waals surface area contributed by atoms with Crippen LogP contribution in [0.1, 0.15) is 41.6 Å². The Labute approximate surface area is 220 Å². The van der Waals surface area contributed by atoms with Gasteiger partial charge in [0.15, 0.2) is 11.0 Å². The fraction of sp³-hybridized carbons (Fsp3) is 0.308. The zero-order valence-corrected chi connectivity index (χ0v) is 22.3. The number of aromatic nitrogens is 3. The maximum absolute atomic E-state index is 13.0. The fourth-order valence-electron chi connectivity index (χ4n) is 3.48. The molecule has 3 rings (SSSR count). The van der Waals surface area contributed by atoms with E-state index in [1.54, 1.807) is 49.6 Å². The lowest BCUT2D eigenvalue weighted by Crippen LogP contribution is -2.33. The summed E-state index contributed by atoms with van der Waals surface area (Å²) in [7, 11) is 1.58. The third-order valence-electron chi connectivity index (χ3n) is 5.45. The number of rotatable bonds is 11. The minimum Gasteiger partial charge on any atom is -0.497 e. The summed E-state index contributed by atoms with van der Waals surface area (Å²) in [5, 5.41) is 15.8. The largest absolute Gasteiger partial charge is 0.497 e. The minimum absolute atomic E-state index is 0.0342. The zero-order chi connectivity index (χ0) is 26.2. The van der Waals surface area contributed by atoms with Crippen LogP contribution in [-0.2, 0) is 11.3 Å². The smallest absolute Gasteiger partial charge is 0.251 e. The number of nitrogens with zero attached hydrogens (tertiary/aromatic N) is 3. The van der Waals surface area contributed by atoms with Crippen molar-refractivity contribution in [2.24, 2.45) is 5.92 Å². The summed E-state index contributed by atoms with van der Waals surface area (Å²) in [6.07, 6.45) is 1.73. The Hall–Kier alpha value is -3.30. The third kappa shape index (κ3) is 6.89. The highest BCUT2D eigenvalue weighted by Gasteiger charge is 2.26. The summed E-state index contributed by atoms with van der Waals surface area (Å²) in [4.78, 5) is 25.5. The van der Waals surface area contributed by atoms with Gasteiger partial charge in [0.1, 0.15) is 5.75 Å². The number of hydrogen-bond donors (Lipinski definition) is 2. The van der Waals surface area contributed by atoms with Gasteiger partial charge in [0, 0.05) is 22.8 Å². The average Bonchev–Trinajstić information content (AvgIpc) is 3.25. The van der Waals surface area contributed by atoms with Crippen LogP contribution >= 0.6 is 23.4 Å². The van der Waals surface area contributed by atoms with Crippen molar-refractivity contribution in [1.29, 1.82) is 0 Å². The molecule has 3 aromatic rings. The first-order valence-electron chi connectivity index (χ1n) is 11.4. The Morgan fingerprint density at radius 1 is 1.19 bits per heavy atom. The highest BCUT2D eigenvalue weighted by atomic mass is 35.5. The van der Waals surface area contributed by atoms with Crippen molar-refractivity contribution < 1.29 is 14.3 Å². The van der Waals surface area contributed by atoms with Crippen LogP contribution in [0.15, 0.2) is 60.3 Å². The molecule has 1 aromatic heterocycles. The monoisotopic (exact) mass is 527 g/mol. The fourth-order valence-corrected chi connectivity index (χ4v) is 4.41. The lowest BCUT2D eigenvalue weighted by atomic mass is 10.0. The summed E-state index contributed by atoms with van der Waals surface area (Å²) < 4.78 is 7.04. The first kappa shape index (κ1) is 27.3. The van der Waals surface area contributed by atoms with Gasteiger partial charge in [-0.2, -0.15) is 0 Å². The molecule has 0 spiro atoms. The number of halogens is 1. The third-order valence-corrected chi connectivity index (χ3v) is 6.65. The quantitative estimate of drug-likeness (QED) is 0.259. The number of ether oxygens (including phenoxy) is 1. The molecule has 190 valence electrons. The average molecular weight is 528 g/mol. The molecule has 0 saturated heterocycles. The summed E-state index contributed by atoms with van der Waals surface area (Å²) in [5.74, 6) is 1.02. The second-order valence-corrected chi connectivity index (χ2v) is 9.84. The van der Waals surface area contributed by atoms with Gasteiger partial charge in [0.2, 0.25) is 5.91 Å². The van der Waals surface area contributed by atoms with E-state index in [0.29, 0.717) is 39.5 Å². The van der Waals surface area contributed by atoms with Crippen LogP contribution in [0.2, 0.25) is 5.02 Å². The van der Waals surface area contributed by atoms with Crippen molar-refractivity contribution in [3.63, 3.8) is 0 Å². The summed E-state index contributed by atoms with van der Waals surface area (Å²) >= 11 is 7.32. The normalized spacial score (nSPS) is 11.7. The van der Waals surface area contributed by atoms with E-state index in [1.807, 2.05) is 31.4 Å². The number of hydrogen-bond acceptors (Lipinski definition) is 6. The molecule has 2 amide bonds. The molecular weight excluding hydrogens is 498 g/mol. The Kier molecular flexibility index (Phi) is 9.55. The van der Waals surface area contributed by atoms with E-state index < -0.39 is 6.04 Å². The zero-order valence-electron chi connectivity index (χ0n) is 20.7. The maximum Gasteiger partial charge on any atom is 0.251 e. The highest BCUT2D eigenvalue weighted by Crippen LogP contribution is 2.26. The van der Waals surface area contributed by atoms with E-state index in [4.69, 9.17) is 16.3 Å². The first-order chi connectivity index (χ1) is 17.2. The summed E-state index contributed by atoms with van der Waals surface area (Å²) in [5.41, 5.74) is 2.10. The molecule has 0 bridgehead atoms. The topological polar surface area (TPSA) is 98.1 Å². The van der Waals surface area contributed by atoms with E-state index in [1.165, 1.54) is 11.8 Å². The SMILES string of the molecule is C=CCn1c(SCC(=O)Nc2cc(Cl)ccc2C)nnc1C(NC(=O)c1ccc(OC)cc1)C(C)C. The highest BCUT2D eigenvalue weighted by molar-refractivity contribution is 7.99. The van der Waals surface area contributed by atoms with Gasteiger partial charge < -0.3 is 19.9 Å². The van der Waals surface area contributed by atoms with Crippen LogP contribution in [0, 0.1) is 12.8 Å². The van der Waals surface area contributed by atoms with Gasteiger partial charge in [-0.1, -0.05) is 49.4 Å². The van der Waals surface area contributed by atoms with Crippen LogP contribution < -0.4 is 15.4 Å². The molecule has 8 nitrogen and oxygen atoms in total. The van der Waals surface area contributed by atoms with Crippen LogP contribution in [0.25, 0.3) is 0 Å². The number of benzene rings is 2. The van der Waals surface area contributed by atoms with Gasteiger partial charge in [0.25, 0.3) is 5.91 Å². The molecule has 2 aromatic carbocycles. The number of carbonyl (C=O) groups excluding carboxylic acids is 2. The van der Waals surface area contributed by atoms with E-state index in [2.05, 4.69) is 27.4 Å². The number of aryl methyl sites for hydroxylation is 1. The number of methoxy groups -OCH3 is 1. The van der Waals surface area contributed by atoms with Crippen molar-refractivity contribution in [2.75, 3.05) is 18.2 Å². The molecule has 1 atom stereocenters. The molecule has 0 aliphatic rings. The lowest BCUT2D eigenvalue weighted by molar-refractivity contribution is -0.113. The molecule has 2 N–H and O–H groups in total. The van der Waals surface area contributed by atoms with Crippen LogP contribution in [0.5, 0.6) is 5.75 Å². The number of thioether (sulfide) groups is 1. The Morgan fingerprint density at radius 3 is 2.56 bits per heavy atom. The lowest BCUT2D eigenvalue weighted by Gasteiger charge is -2.22. The van der Waals surface area contributed by atoms with Gasteiger partial charge in [-0.15, -0.1) is 16.8 Å². The molecule has 36 heavy (non-hydrogen) atoms. The Bertz CT molecular complexity index is 1230. The minimum atomic E-state index is -0.399. The molecule has 0 saturated carbocycles. The van der Waals surface area contributed by atoms with Crippen LogP contribution in [0.4, 0.5) is 5.69 Å². The molecule has 0 radical (unpaired) electrons. The van der Waals surface area contributed by atoms with Gasteiger partial charge >= 0.3 is 0 Å². The van der Waals surface area contributed by atoms with Gasteiger partial charge in [-0.25, -0.2) is 0 Å². The van der Waals surface area contributed by atoms with Gasteiger partial charge in [-0.3, -0.25) is 9.59 Å². The predicted molar refractivity (Wildman–Crippen MR) is 144 cm³/mol. The molecule has 0 aliphatic carbocycles. The molecule has 1 heterocycles. The van der Waals surface area contributed by atoms with E-state index >= 15 is 0 Å². The Balaban J connectivity index is 1.75. The van der Waals surface area contributed by atoms with Gasteiger partial charge in [0.05, 0.1) is 18.9 Å². The standard InChI is InChI=1S/C26H30ClN5O3S/c1-6-13-32-24(23(16(2)3)29-25(34)18-8-11-20(35-5)12-9-18)30-31-26(32)36-15-22(33)28-21-14-19(27)10-7-17(21)4/h6-12,14,16,23H,1,13,15H2,2-5H3,(H,28,33)(H,29,34). The van der Waals surface area contributed by atoms with Crippen molar-refractivity contribution in [1.82, 2.24) is 20.1 Å². The molecular formula is C26H30ClN5O3S. The molecule has 0 aliphatic heterocycles. The van der Waals surface area contributed by atoms with Crippen molar-refractivity contribution in [2.45, 2.75) is 38.5 Å². The molecule has 10 heteroatoms. The van der Waals surface area contributed by atoms with Crippen LogP contribution in [0.3, 0.4) is 0 Å². The van der Waals surface area contributed by atoms with E-state index in [9.17, 15) is 9.59 Å². The Morgan fingerprint density at radius 2 is 1.92 bits per heavy atom. The predicted octanol–water partition coefficient (Wildman–Crippen LogP) is 5.29. The summed E-state index contributed by atoms with van der Waals surface area (Å²) in [6.45, 7) is 10.2. The number of amides is 2. The number of carbonyl (C=O) groups is 2. The number of anilines is 1. The van der Waals surface area contributed by atoms with E-state index in [-0.39, 0.29) is 23.5 Å². The molecule has 1 unspecified atom stereocenters. The second-order valence-electron chi connectivity index (χ2n) is 8.46. The maximum atomic E-state index is 13.0. The van der Waals surface area contributed by atoms with Crippen molar-refractivity contribution in [3.8, 4) is 5.75 Å². The second kappa shape index (κ2) is 12.6. The number of allylic oxidation sites excluding steroid dienone is 1. The van der Waals surface area contributed by atoms with Gasteiger partial charge in [-0.05, 0) is 54.8 Å². The van der Waals surface area contributed by atoms with E-state index in [0.717, 1.165) is 5.56 Å². The summed E-state index contributed by atoms with van der Waals surface area (Å²) in [6, 6.07) is 11.8. The first-order valence-corrected chi connectivity index (χ1v) is 12.8. The number of nitrogens with one attached hydrogen (secondary N) is 2.